The average molecular weight is 398 g/mol. The van der Waals surface area contributed by atoms with Crippen molar-refractivity contribution in [2.75, 3.05) is 5.32 Å². The van der Waals surface area contributed by atoms with Crippen LogP contribution in [0.15, 0.2) is 35.1 Å². The molecule has 1 aliphatic carbocycles. The third-order valence-corrected chi connectivity index (χ3v) is 5.88. The van der Waals surface area contributed by atoms with Crippen LogP contribution in [0.4, 0.5) is 5.69 Å². The van der Waals surface area contributed by atoms with Gasteiger partial charge in [-0.25, -0.2) is 4.98 Å². The van der Waals surface area contributed by atoms with Crippen LogP contribution < -0.4 is 15.6 Å². The standard InChI is InChI=1S/C20H22N4O3S/c1-13(25)21-15-8-5-9-17(10-15)27-12-16-11-18(26)24-20(22-16)28-19(23-24)14-6-3-2-4-7-14/h5,8-11,14H,2-4,6-7,12H2,1H3,(H,21,25). The van der Waals surface area contributed by atoms with E-state index in [0.29, 0.717) is 28.0 Å². The lowest BCUT2D eigenvalue weighted by Crippen LogP contribution is -2.17. The number of nitrogens with one attached hydrogen (secondary N) is 1. The molecule has 0 bridgehead atoms. The summed E-state index contributed by atoms with van der Waals surface area (Å²) < 4.78 is 7.16. The van der Waals surface area contributed by atoms with Gasteiger partial charge in [0, 0.05) is 30.7 Å². The highest BCUT2D eigenvalue weighted by molar-refractivity contribution is 7.16. The van der Waals surface area contributed by atoms with Gasteiger partial charge in [-0.3, -0.25) is 9.59 Å². The number of rotatable bonds is 5. The normalized spacial score (nSPS) is 14.9. The van der Waals surface area contributed by atoms with E-state index in [4.69, 9.17) is 4.74 Å². The quantitative estimate of drug-likeness (QED) is 0.708. The van der Waals surface area contributed by atoms with Crippen LogP contribution in [-0.2, 0) is 11.4 Å². The number of hydrogen-bond acceptors (Lipinski definition) is 6. The van der Waals surface area contributed by atoms with E-state index in [1.54, 1.807) is 24.3 Å². The largest absolute Gasteiger partial charge is 0.487 e. The molecule has 4 rings (SSSR count). The molecule has 1 aromatic carbocycles. The van der Waals surface area contributed by atoms with Crippen LogP contribution in [0.1, 0.15) is 55.6 Å². The highest BCUT2D eigenvalue weighted by Gasteiger charge is 2.20. The fourth-order valence-electron chi connectivity index (χ4n) is 3.48. The van der Waals surface area contributed by atoms with Crippen LogP contribution in [0.25, 0.3) is 4.96 Å². The number of ether oxygens (including phenoxy) is 1. The number of hydrogen-bond donors (Lipinski definition) is 1. The molecule has 3 aromatic rings. The van der Waals surface area contributed by atoms with Crippen molar-refractivity contribution < 1.29 is 9.53 Å². The Morgan fingerprint density at radius 2 is 2.11 bits per heavy atom. The summed E-state index contributed by atoms with van der Waals surface area (Å²) in [5.74, 6) is 0.896. The number of carbonyl (C=O) groups excluding carboxylic acids is 1. The topological polar surface area (TPSA) is 85.6 Å². The van der Waals surface area contributed by atoms with Gasteiger partial charge in [-0.1, -0.05) is 36.7 Å². The Morgan fingerprint density at radius 1 is 1.29 bits per heavy atom. The Balaban J connectivity index is 1.51. The van der Waals surface area contributed by atoms with Gasteiger partial charge in [-0.15, -0.1) is 0 Å². The highest BCUT2D eigenvalue weighted by atomic mass is 32.1. The van der Waals surface area contributed by atoms with Crippen molar-refractivity contribution in [2.24, 2.45) is 0 Å². The van der Waals surface area contributed by atoms with Crippen molar-refractivity contribution in [3.63, 3.8) is 0 Å². The van der Waals surface area contributed by atoms with E-state index in [0.717, 1.165) is 17.8 Å². The van der Waals surface area contributed by atoms with Crippen molar-refractivity contribution in [2.45, 2.75) is 51.6 Å². The molecule has 1 amide bonds. The lowest BCUT2D eigenvalue weighted by atomic mass is 9.90. The zero-order valence-corrected chi connectivity index (χ0v) is 16.5. The molecule has 8 heteroatoms. The number of carbonyl (C=O) groups is 1. The van der Waals surface area contributed by atoms with Crippen molar-refractivity contribution in [3.05, 3.63) is 51.4 Å². The molecule has 1 saturated carbocycles. The van der Waals surface area contributed by atoms with Gasteiger partial charge in [-0.2, -0.15) is 9.61 Å². The van der Waals surface area contributed by atoms with Gasteiger partial charge in [-0.05, 0) is 25.0 Å². The molecule has 0 radical (unpaired) electrons. The van der Waals surface area contributed by atoms with Gasteiger partial charge in [0.25, 0.3) is 5.56 Å². The molecule has 0 unspecified atom stereocenters. The van der Waals surface area contributed by atoms with Crippen LogP contribution in [-0.4, -0.2) is 20.5 Å². The molecule has 1 fully saturated rings. The average Bonchev–Trinajstić information content (AvgIpc) is 3.12. The lowest BCUT2D eigenvalue weighted by molar-refractivity contribution is -0.114. The van der Waals surface area contributed by atoms with E-state index in [2.05, 4.69) is 15.4 Å². The maximum Gasteiger partial charge on any atom is 0.275 e. The summed E-state index contributed by atoms with van der Waals surface area (Å²) in [4.78, 5) is 28.8. The lowest BCUT2D eigenvalue weighted by Gasteiger charge is -2.18. The van der Waals surface area contributed by atoms with Gasteiger partial charge in [0.15, 0.2) is 0 Å². The van der Waals surface area contributed by atoms with E-state index in [1.807, 2.05) is 0 Å². The van der Waals surface area contributed by atoms with Crippen LogP contribution in [0.5, 0.6) is 5.75 Å². The zero-order chi connectivity index (χ0) is 19.5. The molecule has 1 N–H and O–H groups in total. The molecule has 2 heterocycles. The number of nitrogens with zero attached hydrogens (tertiary/aromatic N) is 3. The molecular weight excluding hydrogens is 376 g/mol. The van der Waals surface area contributed by atoms with Crippen molar-refractivity contribution in [1.82, 2.24) is 14.6 Å². The summed E-state index contributed by atoms with van der Waals surface area (Å²) in [6, 6.07) is 8.58. The smallest absolute Gasteiger partial charge is 0.275 e. The first-order valence-corrected chi connectivity index (χ1v) is 10.3. The van der Waals surface area contributed by atoms with E-state index >= 15 is 0 Å². The molecule has 0 atom stereocenters. The summed E-state index contributed by atoms with van der Waals surface area (Å²) in [5.41, 5.74) is 1.04. The van der Waals surface area contributed by atoms with Gasteiger partial charge >= 0.3 is 0 Å². The number of aromatic nitrogens is 3. The molecule has 0 spiro atoms. The van der Waals surface area contributed by atoms with E-state index in [-0.39, 0.29) is 18.1 Å². The highest BCUT2D eigenvalue weighted by Crippen LogP contribution is 2.34. The van der Waals surface area contributed by atoms with E-state index in [9.17, 15) is 9.59 Å². The van der Waals surface area contributed by atoms with Crippen LogP contribution >= 0.6 is 11.3 Å². The Hall–Kier alpha value is -2.74. The summed E-state index contributed by atoms with van der Waals surface area (Å²) in [7, 11) is 0. The predicted molar refractivity (Wildman–Crippen MR) is 108 cm³/mol. The molecule has 0 aliphatic heterocycles. The summed E-state index contributed by atoms with van der Waals surface area (Å²) in [6.45, 7) is 1.63. The second kappa shape index (κ2) is 8.10. The predicted octanol–water partition coefficient (Wildman–Crippen LogP) is 3.74. The van der Waals surface area contributed by atoms with Gasteiger partial charge < -0.3 is 10.1 Å². The molecule has 146 valence electrons. The second-order valence-electron chi connectivity index (χ2n) is 7.05. The van der Waals surface area contributed by atoms with Crippen molar-refractivity contribution in [1.29, 1.82) is 0 Å². The Kier molecular flexibility index (Phi) is 5.38. The number of anilines is 1. The van der Waals surface area contributed by atoms with Crippen LogP contribution in [0.3, 0.4) is 0 Å². The monoisotopic (exact) mass is 398 g/mol. The van der Waals surface area contributed by atoms with Crippen molar-refractivity contribution in [3.8, 4) is 5.75 Å². The van der Waals surface area contributed by atoms with Crippen LogP contribution in [0, 0.1) is 0 Å². The van der Waals surface area contributed by atoms with Gasteiger partial charge in [0.1, 0.15) is 17.4 Å². The Labute approximate surface area is 166 Å². The number of amides is 1. The summed E-state index contributed by atoms with van der Waals surface area (Å²) in [5, 5.41) is 8.23. The maximum atomic E-state index is 12.4. The fraction of sp³-hybridized carbons (Fsp3) is 0.400. The third kappa shape index (κ3) is 4.22. The summed E-state index contributed by atoms with van der Waals surface area (Å²) >= 11 is 1.50. The van der Waals surface area contributed by atoms with Crippen molar-refractivity contribution >= 4 is 27.9 Å². The maximum absolute atomic E-state index is 12.4. The first kappa shape index (κ1) is 18.6. The minimum absolute atomic E-state index is 0.142. The minimum Gasteiger partial charge on any atom is -0.487 e. The second-order valence-corrected chi connectivity index (χ2v) is 8.04. The third-order valence-electron chi connectivity index (χ3n) is 4.81. The molecule has 0 saturated heterocycles. The molecule has 2 aromatic heterocycles. The molecule has 28 heavy (non-hydrogen) atoms. The first-order chi connectivity index (χ1) is 13.6. The van der Waals surface area contributed by atoms with Gasteiger partial charge in [0.05, 0.1) is 5.69 Å². The first-order valence-electron chi connectivity index (χ1n) is 9.48. The van der Waals surface area contributed by atoms with Gasteiger partial charge in [0.2, 0.25) is 10.9 Å². The van der Waals surface area contributed by atoms with E-state index in [1.165, 1.54) is 48.1 Å². The number of fused-ring (bicyclic) bond motifs is 1. The Morgan fingerprint density at radius 3 is 2.89 bits per heavy atom. The molecule has 7 nitrogen and oxygen atoms in total. The zero-order valence-electron chi connectivity index (χ0n) is 15.7. The fourth-order valence-corrected chi connectivity index (χ4v) is 4.58. The SMILES string of the molecule is CC(=O)Nc1cccc(OCc2cc(=O)n3nc(C4CCCCC4)sc3n2)c1. The summed E-state index contributed by atoms with van der Waals surface area (Å²) in [6.07, 6.45) is 5.99. The van der Waals surface area contributed by atoms with Crippen LogP contribution in [0.2, 0.25) is 0 Å². The van der Waals surface area contributed by atoms with E-state index < -0.39 is 0 Å². The number of benzene rings is 1. The Bertz CT molecular complexity index is 1050. The molecule has 1 aliphatic rings. The molecular formula is C20H22N4O3S. The minimum atomic E-state index is -0.186.